The molecule has 1 heterocycles. The van der Waals surface area contributed by atoms with Gasteiger partial charge in [-0.15, -0.1) is 0 Å². The van der Waals surface area contributed by atoms with Gasteiger partial charge in [-0.3, -0.25) is 19.7 Å². The minimum Gasteiger partial charge on any atom is -0.493 e. The summed E-state index contributed by atoms with van der Waals surface area (Å²) >= 11 is 5.43. The van der Waals surface area contributed by atoms with E-state index in [1.165, 1.54) is 0 Å². The molecule has 2 unspecified atom stereocenters. The summed E-state index contributed by atoms with van der Waals surface area (Å²) in [6.45, 7) is 9.14. The first-order chi connectivity index (χ1) is 15.2. The number of benzene rings is 1. The maximum Gasteiger partial charge on any atom is 0.308 e. The molecule has 0 radical (unpaired) electrons. The molecule has 2 atom stereocenters. The summed E-state index contributed by atoms with van der Waals surface area (Å²) in [7, 11) is 0. The number of piperazine rings is 1. The van der Waals surface area contributed by atoms with E-state index in [9.17, 15) is 14.4 Å². The first-order valence-corrected chi connectivity index (χ1v) is 11.4. The average molecular weight is 464 g/mol. The van der Waals surface area contributed by atoms with Gasteiger partial charge in [0.1, 0.15) is 11.8 Å². The van der Waals surface area contributed by atoms with Crippen LogP contribution < -0.4 is 15.4 Å². The van der Waals surface area contributed by atoms with Gasteiger partial charge >= 0.3 is 5.97 Å². The lowest BCUT2D eigenvalue weighted by Gasteiger charge is -2.36. The summed E-state index contributed by atoms with van der Waals surface area (Å²) in [6, 6.07) is 6.10. The van der Waals surface area contributed by atoms with Gasteiger partial charge in [-0.2, -0.15) is 0 Å². The molecule has 176 valence electrons. The standard InChI is InChI=1S/C23H33N3O5S/c1-5-16(4)31-20(27)14-18-22(29)24-11-12-26(18)23(32)25-21(28)17-8-6-7-9-19(17)30-13-10-15(2)3/h6-9,15-16,18H,5,10-14H2,1-4H3,(H,24,29)(H,25,28,32). The highest BCUT2D eigenvalue weighted by Gasteiger charge is 2.34. The Hall–Kier alpha value is -2.68. The third kappa shape index (κ3) is 7.47. The van der Waals surface area contributed by atoms with Crippen molar-refractivity contribution >= 4 is 35.1 Å². The number of para-hydroxylation sites is 1. The molecular weight excluding hydrogens is 430 g/mol. The van der Waals surface area contributed by atoms with E-state index >= 15 is 0 Å². The normalized spacial score (nSPS) is 16.8. The van der Waals surface area contributed by atoms with Crippen LogP contribution in [0.25, 0.3) is 0 Å². The summed E-state index contributed by atoms with van der Waals surface area (Å²) in [5.41, 5.74) is 0.354. The van der Waals surface area contributed by atoms with Gasteiger partial charge in [-0.25, -0.2) is 0 Å². The number of hydrogen-bond donors (Lipinski definition) is 2. The van der Waals surface area contributed by atoms with E-state index in [-0.39, 0.29) is 23.5 Å². The number of hydrogen-bond acceptors (Lipinski definition) is 6. The van der Waals surface area contributed by atoms with Crippen molar-refractivity contribution in [1.29, 1.82) is 0 Å². The number of ether oxygens (including phenoxy) is 2. The van der Waals surface area contributed by atoms with Crippen LogP contribution in [0.15, 0.2) is 24.3 Å². The maximum atomic E-state index is 12.9. The van der Waals surface area contributed by atoms with Gasteiger partial charge in [0.15, 0.2) is 5.11 Å². The number of carbonyl (C=O) groups is 3. The molecule has 0 saturated carbocycles. The van der Waals surface area contributed by atoms with Crippen LogP contribution in [0, 0.1) is 5.92 Å². The van der Waals surface area contributed by atoms with Gasteiger partial charge in [0.25, 0.3) is 5.91 Å². The predicted molar refractivity (Wildman–Crippen MR) is 125 cm³/mol. The lowest BCUT2D eigenvalue weighted by molar-refractivity contribution is -0.151. The molecule has 1 aliphatic rings. The molecule has 1 aromatic carbocycles. The fourth-order valence-corrected chi connectivity index (χ4v) is 3.41. The van der Waals surface area contributed by atoms with Crippen molar-refractivity contribution in [2.45, 2.75) is 59.1 Å². The first-order valence-electron chi connectivity index (χ1n) is 11.0. The van der Waals surface area contributed by atoms with Crippen molar-refractivity contribution < 1.29 is 23.9 Å². The summed E-state index contributed by atoms with van der Waals surface area (Å²) < 4.78 is 11.1. The highest BCUT2D eigenvalue weighted by Crippen LogP contribution is 2.19. The van der Waals surface area contributed by atoms with Gasteiger partial charge in [0.05, 0.1) is 24.7 Å². The van der Waals surface area contributed by atoms with Crippen LogP contribution in [0.3, 0.4) is 0 Å². The fourth-order valence-electron chi connectivity index (χ4n) is 3.10. The van der Waals surface area contributed by atoms with E-state index in [2.05, 4.69) is 24.5 Å². The van der Waals surface area contributed by atoms with Crippen LogP contribution in [0.1, 0.15) is 57.3 Å². The zero-order chi connectivity index (χ0) is 23.7. The Balaban J connectivity index is 2.07. The Morgan fingerprint density at radius 2 is 2.00 bits per heavy atom. The largest absolute Gasteiger partial charge is 0.493 e. The molecule has 2 amide bonds. The van der Waals surface area contributed by atoms with Crippen molar-refractivity contribution in [2.75, 3.05) is 19.7 Å². The van der Waals surface area contributed by atoms with Gasteiger partial charge < -0.3 is 19.7 Å². The lowest BCUT2D eigenvalue weighted by Crippen LogP contribution is -2.60. The van der Waals surface area contributed by atoms with E-state index in [1.54, 1.807) is 36.1 Å². The molecule has 32 heavy (non-hydrogen) atoms. The predicted octanol–water partition coefficient (Wildman–Crippen LogP) is 2.66. The van der Waals surface area contributed by atoms with Crippen LogP contribution in [0.4, 0.5) is 0 Å². The second kappa shape index (κ2) is 12.4. The number of nitrogens with one attached hydrogen (secondary N) is 2. The van der Waals surface area contributed by atoms with Gasteiger partial charge in [0, 0.05) is 13.1 Å². The van der Waals surface area contributed by atoms with Gasteiger partial charge in [0.2, 0.25) is 5.91 Å². The van der Waals surface area contributed by atoms with E-state index in [4.69, 9.17) is 21.7 Å². The smallest absolute Gasteiger partial charge is 0.308 e. The third-order valence-corrected chi connectivity index (χ3v) is 5.50. The topological polar surface area (TPSA) is 97.0 Å². The number of thiocarbonyl (C=S) groups is 1. The van der Waals surface area contributed by atoms with Crippen LogP contribution in [0.2, 0.25) is 0 Å². The Bertz CT molecular complexity index is 830. The average Bonchev–Trinajstić information content (AvgIpc) is 2.74. The molecular formula is C23H33N3O5S. The molecule has 0 aromatic heterocycles. The Kier molecular flexibility index (Phi) is 9.90. The van der Waals surface area contributed by atoms with Crippen LogP contribution in [-0.4, -0.2) is 59.6 Å². The van der Waals surface area contributed by atoms with Crippen molar-refractivity contribution in [3.05, 3.63) is 29.8 Å². The Morgan fingerprint density at radius 1 is 1.28 bits per heavy atom. The highest BCUT2D eigenvalue weighted by atomic mass is 32.1. The van der Waals surface area contributed by atoms with E-state index in [1.807, 2.05) is 6.92 Å². The highest BCUT2D eigenvalue weighted by molar-refractivity contribution is 7.80. The SMILES string of the molecule is CCC(C)OC(=O)CC1C(=O)NCCN1C(=S)NC(=O)c1ccccc1OCCC(C)C. The molecule has 1 aromatic rings. The second-order valence-corrected chi connectivity index (χ2v) is 8.59. The van der Waals surface area contributed by atoms with Crippen molar-refractivity contribution in [2.24, 2.45) is 5.92 Å². The molecule has 2 N–H and O–H groups in total. The number of nitrogens with zero attached hydrogens (tertiary/aromatic N) is 1. The van der Waals surface area contributed by atoms with E-state index in [0.717, 1.165) is 6.42 Å². The van der Waals surface area contributed by atoms with E-state index in [0.29, 0.717) is 43.3 Å². The second-order valence-electron chi connectivity index (χ2n) is 8.20. The zero-order valence-corrected chi connectivity index (χ0v) is 20.0. The van der Waals surface area contributed by atoms with Gasteiger partial charge in [-0.1, -0.05) is 32.9 Å². The summed E-state index contributed by atoms with van der Waals surface area (Å²) in [5, 5.41) is 5.51. The van der Waals surface area contributed by atoms with Crippen molar-refractivity contribution in [1.82, 2.24) is 15.5 Å². The molecule has 1 saturated heterocycles. The van der Waals surface area contributed by atoms with Crippen LogP contribution in [-0.2, 0) is 14.3 Å². The summed E-state index contributed by atoms with van der Waals surface area (Å²) in [5.74, 6) is -0.283. The quantitative estimate of drug-likeness (QED) is 0.429. The summed E-state index contributed by atoms with van der Waals surface area (Å²) in [4.78, 5) is 39.2. The molecule has 1 aliphatic heterocycles. The zero-order valence-electron chi connectivity index (χ0n) is 19.2. The molecule has 0 bridgehead atoms. The number of carbonyl (C=O) groups excluding carboxylic acids is 3. The maximum absolute atomic E-state index is 12.9. The molecule has 0 aliphatic carbocycles. The molecule has 0 spiro atoms. The molecule has 9 heteroatoms. The minimum atomic E-state index is -0.842. The van der Waals surface area contributed by atoms with E-state index < -0.39 is 17.9 Å². The summed E-state index contributed by atoms with van der Waals surface area (Å²) in [6.07, 6.45) is 1.16. The number of esters is 1. The molecule has 8 nitrogen and oxygen atoms in total. The Morgan fingerprint density at radius 3 is 2.69 bits per heavy atom. The van der Waals surface area contributed by atoms with Crippen LogP contribution >= 0.6 is 12.2 Å². The third-order valence-electron chi connectivity index (χ3n) is 5.16. The van der Waals surface area contributed by atoms with Gasteiger partial charge in [-0.05, 0) is 50.0 Å². The van der Waals surface area contributed by atoms with Crippen molar-refractivity contribution in [3.8, 4) is 5.75 Å². The Labute approximate surface area is 195 Å². The fraction of sp³-hybridized carbons (Fsp3) is 0.565. The monoisotopic (exact) mass is 463 g/mol. The first kappa shape index (κ1) is 25.6. The van der Waals surface area contributed by atoms with Crippen molar-refractivity contribution in [3.63, 3.8) is 0 Å². The number of rotatable bonds is 9. The lowest BCUT2D eigenvalue weighted by atomic mass is 10.1. The van der Waals surface area contributed by atoms with Crippen LogP contribution in [0.5, 0.6) is 5.75 Å². The number of amides is 2. The minimum absolute atomic E-state index is 0.0863. The molecule has 2 rings (SSSR count). The molecule has 1 fully saturated rings.